The fourth-order valence-corrected chi connectivity index (χ4v) is 5.27. The topological polar surface area (TPSA) is 81.5 Å². The summed E-state index contributed by atoms with van der Waals surface area (Å²) in [5, 5.41) is 12.0. The van der Waals surface area contributed by atoms with E-state index in [1.54, 1.807) is 0 Å². The Bertz CT molecular complexity index is 898. The molecule has 2 aliphatic heterocycles. The summed E-state index contributed by atoms with van der Waals surface area (Å²) < 4.78 is 14.0. The zero-order chi connectivity index (χ0) is 21.9. The quantitative estimate of drug-likeness (QED) is 0.713. The molecule has 1 saturated carbocycles. The molecule has 0 spiro atoms. The average molecular weight is 440 g/mol. The first-order chi connectivity index (χ1) is 15.7. The van der Waals surface area contributed by atoms with E-state index in [2.05, 4.69) is 51.8 Å². The van der Waals surface area contributed by atoms with Gasteiger partial charge in [0.1, 0.15) is 18.2 Å². The first-order valence-electron chi connectivity index (χ1n) is 11.8. The van der Waals surface area contributed by atoms with Gasteiger partial charge >= 0.3 is 0 Å². The summed E-state index contributed by atoms with van der Waals surface area (Å²) in [6.45, 7) is 2.59. The van der Waals surface area contributed by atoms with E-state index in [0.717, 1.165) is 44.5 Å². The van der Waals surface area contributed by atoms with Crippen molar-refractivity contribution < 1.29 is 14.3 Å². The molecule has 1 aromatic carbocycles. The Morgan fingerprint density at radius 1 is 1.09 bits per heavy atom. The molecule has 3 fully saturated rings. The van der Waals surface area contributed by atoms with Gasteiger partial charge in [0, 0.05) is 19.0 Å². The fraction of sp³-hybridized carbons (Fsp3) is 0.625. The highest BCUT2D eigenvalue weighted by atomic mass is 16.6. The van der Waals surface area contributed by atoms with Gasteiger partial charge in [0.2, 0.25) is 5.91 Å². The molecule has 0 bridgehead atoms. The number of hydrogen-bond acceptors (Lipinski definition) is 6. The first-order valence-corrected chi connectivity index (χ1v) is 11.8. The molecule has 3 heterocycles. The van der Waals surface area contributed by atoms with Crippen LogP contribution in [-0.4, -0.2) is 64.3 Å². The third kappa shape index (κ3) is 4.72. The van der Waals surface area contributed by atoms with Crippen molar-refractivity contribution in [2.24, 2.45) is 5.92 Å². The normalized spacial score (nSPS) is 28.2. The summed E-state index contributed by atoms with van der Waals surface area (Å²) in [5.41, 5.74) is 2.20. The lowest BCUT2D eigenvalue weighted by atomic mass is 9.88. The Kier molecular flexibility index (Phi) is 6.52. The molecule has 1 N–H and O–H groups in total. The van der Waals surface area contributed by atoms with Crippen molar-refractivity contribution >= 4 is 5.91 Å². The minimum atomic E-state index is -0.124. The van der Waals surface area contributed by atoms with Crippen LogP contribution < -0.4 is 5.32 Å². The van der Waals surface area contributed by atoms with Gasteiger partial charge in [-0.15, -0.1) is 5.10 Å². The molecule has 4 atom stereocenters. The standard InChI is InChI=1S/C24H33N5O3/c1-28(12-17-8-4-2-5-9-17)13-19-14-29(27-26-19)21-16-32-22-20(15-31-23(21)22)25-24(30)18-10-6-3-7-11-18/h2,4-5,8-9,14,18,20-23H,3,6-7,10-13,15-16H2,1H3,(H,25,30)/t20-,21-,22+,23+/m0/s1. The maximum Gasteiger partial charge on any atom is 0.223 e. The van der Waals surface area contributed by atoms with E-state index >= 15 is 0 Å². The van der Waals surface area contributed by atoms with Crippen LogP contribution in [0.15, 0.2) is 36.5 Å². The van der Waals surface area contributed by atoms with Crippen LogP contribution in [0.5, 0.6) is 0 Å². The molecule has 3 aliphatic rings. The number of nitrogens with one attached hydrogen (secondary N) is 1. The summed E-state index contributed by atoms with van der Waals surface area (Å²) in [6.07, 6.45) is 7.31. The number of ether oxygens (including phenoxy) is 2. The molecule has 0 radical (unpaired) electrons. The van der Waals surface area contributed by atoms with Crippen LogP contribution in [0.25, 0.3) is 0 Å². The smallest absolute Gasteiger partial charge is 0.223 e. The van der Waals surface area contributed by atoms with Crippen LogP contribution in [0.2, 0.25) is 0 Å². The van der Waals surface area contributed by atoms with Gasteiger partial charge in [-0.3, -0.25) is 9.69 Å². The van der Waals surface area contributed by atoms with Gasteiger partial charge in [-0.1, -0.05) is 54.8 Å². The van der Waals surface area contributed by atoms with Crippen LogP contribution in [0.1, 0.15) is 49.4 Å². The number of carbonyl (C=O) groups excluding carboxylic acids is 1. The van der Waals surface area contributed by atoms with E-state index in [0.29, 0.717) is 13.2 Å². The summed E-state index contributed by atoms with van der Waals surface area (Å²) in [5.74, 6) is 0.307. The van der Waals surface area contributed by atoms with E-state index in [-0.39, 0.29) is 36.1 Å². The van der Waals surface area contributed by atoms with E-state index in [9.17, 15) is 4.79 Å². The maximum absolute atomic E-state index is 12.7. The third-order valence-electron chi connectivity index (χ3n) is 6.96. The van der Waals surface area contributed by atoms with Crippen molar-refractivity contribution in [2.45, 2.75) is 69.5 Å². The predicted octanol–water partition coefficient (Wildman–Crippen LogP) is 2.31. The summed E-state index contributed by atoms with van der Waals surface area (Å²) in [7, 11) is 2.08. The van der Waals surface area contributed by atoms with Gasteiger partial charge in [0.25, 0.3) is 0 Å². The van der Waals surface area contributed by atoms with Gasteiger partial charge in [-0.2, -0.15) is 0 Å². The van der Waals surface area contributed by atoms with E-state index in [4.69, 9.17) is 9.47 Å². The third-order valence-corrected chi connectivity index (χ3v) is 6.96. The first kappa shape index (κ1) is 21.6. The van der Waals surface area contributed by atoms with Crippen molar-refractivity contribution in [2.75, 3.05) is 20.3 Å². The van der Waals surface area contributed by atoms with Crippen molar-refractivity contribution in [1.29, 1.82) is 0 Å². The Morgan fingerprint density at radius 3 is 2.69 bits per heavy atom. The number of nitrogens with zero attached hydrogens (tertiary/aromatic N) is 4. The van der Waals surface area contributed by atoms with E-state index in [1.165, 1.54) is 12.0 Å². The van der Waals surface area contributed by atoms with Crippen molar-refractivity contribution in [3.63, 3.8) is 0 Å². The molecule has 8 heteroatoms. The number of amides is 1. The highest BCUT2D eigenvalue weighted by Crippen LogP contribution is 2.34. The summed E-state index contributed by atoms with van der Waals surface area (Å²) >= 11 is 0. The van der Waals surface area contributed by atoms with Gasteiger partial charge in [0.15, 0.2) is 0 Å². The number of hydrogen-bond donors (Lipinski definition) is 1. The second-order valence-electron chi connectivity index (χ2n) is 9.46. The largest absolute Gasteiger partial charge is 0.371 e. The van der Waals surface area contributed by atoms with Crippen molar-refractivity contribution in [3.05, 3.63) is 47.8 Å². The monoisotopic (exact) mass is 439 g/mol. The van der Waals surface area contributed by atoms with E-state index < -0.39 is 0 Å². The molecular formula is C24H33N5O3. The molecule has 32 heavy (non-hydrogen) atoms. The highest BCUT2D eigenvalue weighted by Gasteiger charge is 2.49. The number of carbonyl (C=O) groups is 1. The van der Waals surface area contributed by atoms with Crippen LogP contribution in [0.3, 0.4) is 0 Å². The molecule has 1 aromatic heterocycles. The van der Waals surface area contributed by atoms with Gasteiger partial charge in [0.05, 0.1) is 31.1 Å². The predicted molar refractivity (Wildman–Crippen MR) is 119 cm³/mol. The molecule has 2 saturated heterocycles. The Hall–Kier alpha value is -2.29. The van der Waals surface area contributed by atoms with Crippen LogP contribution in [0, 0.1) is 5.92 Å². The van der Waals surface area contributed by atoms with Crippen LogP contribution in [0.4, 0.5) is 0 Å². The number of rotatable bonds is 7. The lowest BCUT2D eigenvalue weighted by molar-refractivity contribution is -0.127. The molecule has 2 aromatic rings. The van der Waals surface area contributed by atoms with Crippen molar-refractivity contribution in [1.82, 2.24) is 25.2 Å². The average Bonchev–Trinajstić information content (AvgIpc) is 3.53. The highest BCUT2D eigenvalue weighted by molar-refractivity contribution is 5.79. The van der Waals surface area contributed by atoms with E-state index in [1.807, 2.05) is 16.9 Å². The SMILES string of the molecule is CN(Cc1ccccc1)Cc1cn([C@H]2CO[C@H]3[C@@H]2OC[C@@H]3NC(=O)C2CCCCC2)nn1. The maximum atomic E-state index is 12.7. The zero-order valence-corrected chi connectivity index (χ0v) is 18.7. The van der Waals surface area contributed by atoms with Crippen LogP contribution in [-0.2, 0) is 27.4 Å². The Morgan fingerprint density at radius 2 is 1.88 bits per heavy atom. The molecule has 8 nitrogen and oxygen atoms in total. The molecular weight excluding hydrogens is 406 g/mol. The second-order valence-corrected chi connectivity index (χ2v) is 9.46. The molecule has 1 amide bonds. The van der Waals surface area contributed by atoms with Gasteiger partial charge in [-0.25, -0.2) is 4.68 Å². The Balaban J connectivity index is 1.16. The number of aromatic nitrogens is 3. The lowest BCUT2D eigenvalue weighted by Crippen LogP contribution is -2.46. The zero-order valence-electron chi connectivity index (χ0n) is 18.7. The molecule has 0 unspecified atom stereocenters. The van der Waals surface area contributed by atoms with Crippen LogP contribution >= 0.6 is 0 Å². The minimum absolute atomic E-state index is 0.0164. The van der Waals surface area contributed by atoms with Gasteiger partial charge in [-0.05, 0) is 25.5 Å². The molecule has 172 valence electrons. The number of fused-ring (bicyclic) bond motifs is 1. The fourth-order valence-electron chi connectivity index (χ4n) is 5.27. The summed E-state index contributed by atoms with van der Waals surface area (Å²) in [4.78, 5) is 14.9. The number of benzene rings is 1. The second kappa shape index (κ2) is 9.68. The lowest BCUT2D eigenvalue weighted by Gasteiger charge is -2.24. The summed E-state index contributed by atoms with van der Waals surface area (Å²) in [6, 6.07) is 10.3. The van der Waals surface area contributed by atoms with Gasteiger partial charge < -0.3 is 14.8 Å². The molecule has 5 rings (SSSR count). The van der Waals surface area contributed by atoms with Crippen molar-refractivity contribution in [3.8, 4) is 0 Å². The Labute approximate surface area is 189 Å². The minimum Gasteiger partial charge on any atom is -0.371 e. The molecule has 1 aliphatic carbocycles.